The van der Waals surface area contributed by atoms with Crippen molar-refractivity contribution >= 4 is 21.6 Å². The van der Waals surface area contributed by atoms with Gasteiger partial charge in [-0.05, 0) is 45.8 Å². The Morgan fingerprint density at radius 3 is 2.33 bits per heavy atom. The number of anilines is 1. The Morgan fingerprint density at radius 2 is 1.76 bits per heavy atom. The summed E-state index contributed by atoms with van der Waals surface area (Å²) in [5, 5.41) is 12.3. The Hall–Kier alpha value is -2.13. The molecule has 2 aromatic carbocycles. The number of ether oxygens (including phenoxy) is 1. The van der Waals surface area contributed by atoms with Gasteiger partial charge in [-0.2, -0.15) is 14.0 Å². The minimum atomic E-state index is -2.86. The summed E-state index contributed by atoms with van der Waals surface area (Å²) in [6.07, 6.45) is 0. The second-order valence-corrected chi connectivity index (χ2v) is 4.99. The molecule has 0 radical (unpaired) electrons. The summed E-state index contributed by atoms with van der Waals surface area (Å²) in [5.74, 6) is 0.0614. The van der Waals surface area contributed by atoms with Crippen molar-refractivity contribution in [3.8, 4) is 11.8 Å². The van der Waals surface area contributed by atoms with Crippen LogP contribution in [0, 0.1) is 11.3 Å². The molecule has 1 atom stereocenters. The molecule has 3 nitrogen and oxygen atoms in total. The van der Waals surface area contributed by atoms with Gasteiger partial charge in [-0.1, -0.05) is 24.3 Å². The summed E-state index contributed by atoms with van der Waals surface area (Å²) < 4.78 is 29.3. The molecule has 1 unspecified atom stereocenters. The van der Waals surface area contributed by atoms with E-state index in [-0.39, 0.29) is 5.75 Å². The van der Waals surface area contributed by atoms with Gasteiger partial charge in [0.1, 0.15) is 11.8 Å². The molecule has 6 heteroatoms. The molecule has 2 rings (SSSR count). The van der Waals surface area contributed by atoms with E-state index in [1.165, 1.54) is 12.1 Å². The fourth-order valence-electron chi connectivity index (χ4n) is 1.77. The second-order valence-electron chi connectivity index (χ2n) is 4.13. The van der Waals surface area contributed by atoms with Crippen molar-refractivity contribution in [1.29, 1.82) is 5.26 Å². The maximum Gasteiger partial charge on any atom is 0.387 e. The third-order valence-corrected chi connectivity index (χ3v) is 3.43. The van der Waals surface area contributed by atoms with E-state index in [2.05, 4.69) is 32.1 Å². The van der Waals surface area contributed by atoms with E-state index in [1.54, 1.807) is 12.1 Å². The molecule has 0 saturated carbocycles. The number of nitrogens with one attached hydrogen (secondary N) is 1. The highest BCUT2D eigenvalue weighted by Gasteiger charge is 2.12. The molecule has 0 bridgehead atoms. The molecule has 0 saturated heterocycles. The van der Waals surface area contributed by atoms with Gasteiger partial charge in [-0.15, -0.1) is 0 Å². The molecular weight excluding hydrogens is 342 g/mol. The zero-order valence-electron chi connectivity index (χ0n) is 10.8. The van der Waals surface area contributed by atoms with Crippen molar-refractivity contribution in [3.63, 3.8) is 0 Å². The van der Waals surface area contributed by atoms with E-state index in [1.807, 2.05) is 24.3 Å². The third kappa shape index (κ3) is 4.17. The minimum absolute atomic E-state index is 0.0614. The topological polar surface area (TPSA) is 45.0 Å². The number of rotatable bonds is 5. The highest BCUT2D eigenvalue weighted by atomic mass is 79.9. The number of para-hydroxylation sites is 1. The molecule has 0 amide bonds. The van der Waals surface area contributed by atoms with Crippen molar-refractivity contribution in [2.24, 2.45) is 0 Å². The molecule has 0 aliphatic carbocycles. The zero-order valence-corrected chi connectivity index (χ0v) is 12.3. The van der Waals surface area contributed by atoms with E-state index in [0.29, 0.717) is 5.56 Å². The van der Waals surface area contributed by atoms with Crippen LogP contribution in [0.3, 0.4) is 0 Å². The summed E-state index contributed by atoms with van der Waals surface area (Å²) >= 11 is 3.39. The summed E-state index contributed by atoms with van der Waals surface area (Å²) in [6.45, 7) is -2.86. The van der Waals surface area contributed by atoms with Gasteiger partial charge in [-0.25, -0.2) is 0 Å². The van der Waals surface area contributed by atoms with Crippen molar-refractivity contribution in [3.05, 3.63) is 58.6 Å². The lowest BCUT2D eigenvalue weighted by Crippen LogP contribution is -2.09. The van der Waals surface area contributed by atoms with Gasteiger partial charge in [0.05, 0.1) is 6.07 Å². The lowest BCUT2D eigenvalue weighted by Gasteiger charge is -2.15. The van der Waals surface area contributed by atoms with Gasteiger partial charge in [0.2, 0.25) is 0 Å². The van der Waals surface area contributed by atoms with Crippen LogP contribution >= 0.6 is 15.9 Å². The van der Waals surface area contributed by atoms with Gasteiger partial charge >= 0.3 is 6.61 Å². The molecule has 0 aromatic heterocycles. The maximum absolute atomic E-state index is 12.1. The van der Waals surface area contributed by atoms with Gasteiger partial charge in [0.15, 0.2) is 0 Å². The van der Waals surface area contributed by atoms with E-state index in [4.69, 9.17) is 0 Å². The van der Waals surface area contributed by atoms with Crippen LogP contribution in [0.25, 0.3) is 0 Å². The quantitative estimate of drug-likeness (QED) is 0.846. The van der Waals surface area contributed by atoms with E-state index >= 15 is 0 Å². The number of hydrogen-bond acceptors (Lipinski definition) is 3. The molecule has 0 fully saturated rings. The smallest absolute Gasteiger partial charge is 0.387 e. The predicted molar refractivity (Wildman–Crippen MR) is 79.2 cm³/mol. The fraction of sp³-hybridized carbons (Fsp3) is 0.133. The van der Waals surface area contributed by atoms with Gasteiger partial charge in [0, 0.05) is 10.2 Å². The van der Waals surface area contributed by atoms with Crippen molar-refractivity contribution in [2.45, 2.75) is 12.7 Å². The van der Waals surface area contributed by atoms with E-state index in [0.717, 1.165) is 10.2 Å². The standard InChI is InChI=1S/C15H11BrF2N2O/c16-12-3-1-2-4-13(12)20-14(9-19)10-5-7-11(8-6-10)21-15(17)18/h1-8,14-15,20H. The highest BCUT2D eigenvalue weighted by Crippen LogP contribution is 2.27. The lowest BCUT2D eigenvalue weighted by atomic mass is 10.1. The molecule has 0 heterocycles. The highest BCUT2D eigenvalue weighted by molar-refractivity contribution is 9.10. The molecule has 0 aliphatic rings. The first-order chi connectivity index (χ1) is 10.1. The third-order valence-electron chi connectivity index (χ3n) is 2.74. The number of hydrogen-bond donors (Lipinski definition) is 1. The molecule has 21 heavy (non-hydrogen) atoms. The Morgan fingerprint density at radius 1 is 1.10 bits per heavy atom. The number of alkyl halides is 2. The van der Waals surface area contributed by atoms with E-state index < -0.39 is 12.7 Å². The van der Waals surface area contributed by atoms with Crippen LogP contribution < -0.4 is 10.1 Å². The molecule has 2 aromatic rings. The largest absolute Gasteiger partial charge is 0.435 e. The van der Waals surface area contributed by atoms with Crippen molar-refractivity contribution in [1.82, 2.24) is 0 Å². The second kappa shape index (κ2) is 7.04. The number of nitriles is 1. The van der Waals surface area contributed by atoms with Crippen LogP contribution in [0.4, 0.5) is 14.5 Å². The summed E-state index contributed by atoms with van der Waals surface area (Å²) in [6, 6.07) is 14.9. The van der Waals surface area contributed by atoms with Gasteiger partial charge < -0.3 is 10.1 Å². The SMILES string of the molecule is N#CC(Nc1ccccc1Br)c1ccc(OC(F)F)cc1. The minimum Gasteiger partial charge on any atom is -0.435 e. The average Bonchev–Trinajstić information content (AvgIpc) is 2.47. The first-order valence-corrected chi connectivity index (χ1v) is 6.85. The van der Waals surface area contributed by atoms with Crippen molar-refractivity contribution in [2.75, 3.05) is 5.32 Å². The van der Waals surface area contributed by atoms with Crippen LogP contribution in [0.5, 0.6) is 5.75 Å². The lowest BCUT2D eigenvalue weighted by molar-refractivity contribution is -0.0498. The number of nitrogens with zero attached hydrogens (tertiary/aromatic N) is 1. The average molecular weight is 353 g/mol. The first kappa shape index (κ1) is 15.3. The summed E-state index contributed by atoms with van der Waals surface area (Å²) in [4.78, 5) is 0. The monoisotopic (exact) mass is 352 g/mol. The predicted octanol–water partition coefficient (Wildman–Crippen LogP) is 4.73. The fourth-order valence-corrected chi connectivity index (χ4v) is 2.16. The molecular formula is C15H11BrF2N2O. The number of halogens is 3. The van der Waals surface area contributed by atoms with Crippen LogP contribution in [0.15, 0.2) is 53.0 Å². The Kier molecular flexibility index (Phi) is 5.12. The molecule has 1 N–H and O–H groups in total. The van der Waals surface area contributed by atoms with Crippen LogP contribution in [-0.2, 0) is 0 Å². The Bertz CT molecular complexity index is 641. The summed E-state index contributed by atoms with van der Waals surface area (Å²) in [5.41, 5.74) is 1.44. The first-order valence-electron chi connectivity index (χ1n) is 6.05. The Labute approximate surface area is 129 Å². The molecule has 0 spiro atoms. The Balaban J connectivity index is 2.15. The summed E-state index contributed by atoms with van der Waals surface area (Å²) in [7, 11) is 0. The van der Waals surface area contributed by atoms with Crippen LogP contribution in [0.2, 0.25) is 0 Å². The van der Waals surface area contributed by atoms with Crippen LogP contribution in [-0.4, -0.2) is 6.61 Å². The molecule has 0 aliphatic heterocycles. The zero-order chi connectivity index (χ0) is 15.2. The van der Waals surface area contributed by atoms with E-state index in [9.17, 15) is 14.0 Å². The molecule has 108 valence electrons. The van der Waals surface area contributed by atoms with Crippen LogP contribution in [0.1, 0.15) is 11.6 Å². The maximum atomic E-state index is 12.1. The van der Waals surface area contributed by atoms with Gasteiger partial charge in [0.25, 0.3) is 0 Å². The van der Waals surface area contributed by atoms with Crippen molar-refractivity contribution < 1.29 is 13.5 Å². The number of benzene rings is 2. The van der Waals surface area contributed by atoms with Gasteiger partial charge in [-0.3, -0.25) is 0 Å². The normalized spacial score (nSPS) is 11.8.